The molecule has 0 aromatic heterocycles. The third-order valence-electron chi connectivity index (χ3n) is 3.75. The second kappa shape index (κ2) is 5.72. The van der Waals surface area contributed by atoms with Crippen molar-refractivity contribution in [3.05, 3.63) is 0 Å². The van der Waals surface area contributed by atoms with E-state index in [1.807, 2.05) is 0 Å². The minimum Gasteiger partial charge on any atom is -0.396 e. The summed E-state index contributed by atoms with van der Waals surface area (Å²) in [6.07, 6.45) is 6.07. The summed E-state index contributed by atoms with van der Waals surface area (Å²) in [5, 5.41) is 8.65. The van der Waals surface area contributed by atoms with Gasteiger partial charge in [0.1, 0.15) is 0 Å². The van der Waals surface area contributed by atoms with Crippen molar-refractivity contribution in [1.82, 2.24) is 4.90 Å². The lowest BCUT2D eigenvalue weighted by molar-refractivity contribution is -0.00683. The first-order chi connectivity index (χ1) is 6.76. The number of hydrogen-bond acceptors (Lipinski definition) is 2. The molecule has 1 N–H and O–H groups in total. The minimum atomic E-state index is 0.355. The van der Waals surface area contributed by atoms with Crippen LogP contribution in [0.4, 0.5) is 0 Å². The SMILES string of the molecule is CCC1(CC)CN(CCCCCO)C1. The van der Waals surface area contributed by atoms with Crippen LogP contribution in [-0.4, -0.2) is 36.2 Å². The molecule has 0 aromatic rings. The molecule has 1 rings (SSSR count). The second-order valence-electron chi connectivity index (χ2n) is 4.70. The summed E-state index contributed by atoms with van der Waals surface area (Å²) in [6, 6.07) is 0. The Morgan fingerprint density at radius 2 is 1.71 bits per heavy atom. The molecule has 0 radical (unpaired) electrons. The summed E-state index contributed by atoms with van der Waals surface area (Å²) in [5.74, 6) is 0. The molecular formula is C12H25NO. The second-order valence-corrected chi connectivity index (χ2v) is 4.70. The van der Waals surface area contributed by atoms with Gasteiger partial charge in [-0.05, 0) is 44.1 Å². The summed E-state index contributed by atoms with van der Waals surface area (Å²) >= 11 is 0. The van der Waals surface area contributed by atoms with Crippen LogP contribution in [0.5, 0.6) is 0 Å². The molecule has 0 aromatic carbocycles. The molecule has 1 aliphatic rings. The monoisotopic (exact) mass is 199 g/mol. The lowest BCUT2D eigenvalue weighted by atomic mass is 9.75. The molecule has 1 saturated heterocycles. The van der Waals surface area contributed by atoms with E-state index in [9.17, 15) is 0 Å². The van der Waals surface area contributed by atoms with E-state index >= 15 is 0 Å². The summed E-state index contributed by atoms with van der Waals surface area (Å²) in [6.45, 7) is 8.83. The fourth-order valence-corrected chi connectivity index (χ4v) is 2.38. The maximum atomic E-state index is 8.65. The molecule has 2 heteroatoms. The Bertz CT molecular complexity index is 146. The van der Waals surface area contributed by atoms with Gasteiger partial charge in [-0.25, -0.2) is 0 Å². The van der Waals surface area contributed by atoms with Gasteiger partial charge in [0.25, 0.3) is 0 Å². The van der Waals surface area contributed by atoms with Crippen LogP contribution in [0.1, 0.15) is 46.0 Å². The van der Waals surface area contributed by atoms with E-state index in [2.05, 4.69) is 18.7 Å². The zero-order chi connectivity index (χ0) is 10.4. The van der Waals surface area contributed by atoms with Crippen molar-refractivity contribution in [2.75, 3.05) is 26.2 Å². The molecule has 0 atom stereocenters. The third-order valence-corrected chi connectivity index (χ3v) is 3.75. The quantitative estimate of drug-likeness (QED) is 0.636. The lowest BCUT2D eigenvalue weighted by Gasteiger charge is -2.50. The molecule has 84 valence electrons. The number of aliphatic hydroxyl groups is 1. The molecule has 0 spiro atoms. The largest absolute Gasteiger partial charge is 0.396 e. The van der Waals surface area contributed by atoms with Gasteiger partial charge in [-0.1, -0.05) is 13.8 Å². The van der Waals surface area contributed by atoms with Crippen molar-refractivity contribution in [2.45, 2.75) is 46.0 Å². The van der Waals surface area contributed by atoms with Crippen LogP contribution in [0.2, 0.25) is 0 Å². The molecule has 0 aliphatic carbocycles. The molecule has 1 aliphatic heterocycles. The van der Waals surface area contributed by atoms with Crippen molar-refractivity contribution in [3.8, 4) is 0 Å². The van der Waals surface area contributed by atoms with Gasteiger partial charge in [0.15, 0.2) is 0 Å². The van der Waals surface area contributed by atoms with Gasteiger partial charge >= 0.3 is 0 Å². The van der Waals surface area contributed by atoms with E-state index in [4.69, 9.17) is 5.11 Å². The predicted octanol–water partition coefficient (Wildman–Crippen LogP) is 2.27. The van der Waals surface area contributed by atoms with Crippen molar-refractivity contribution >= 4 is 0 Å². The third kappa shape index (κ3) is 2.96. The van der Waals surface area contributed by atoms with E-state index < -0.39 is 0 Å². The number of aliphatic hydroxyl groups excluding tert-OH is 1. The van der Waals surface area contributed by atoms with Crippen molar-refractivity contribution < 1.29 is 5.11 Å². The van der Waals surface area contributed by atoms with E-state index in [-0.39, 0.29) is 0 Å². The van der Waals surface area contributed by atoms with Crippen LogP contribution in [0.3, 0.4) is 0 Å². The zero-order valence-electron chi connectivity index (χ0n) is 9.76. The first-order valence-electron chi connectivity index (χ1n) is 6.09. The zero-order valence-corrected chi connectivity index (χ0v) is 9.76. The van der Waals surface area contributed by atoms with Gasteiger partial charge in [0.2, 0.25) is 0 Å². The van der Waals surface area contributed by atoms with E-state index in [0.29, 0.717) is 12.0 Å². The average molecular weight is 199 g/mol. The van der Waals surface area contributed by atoms with Crippen LogP contribution in [-0.2, 0) is 0 Å². The standard InChI is InChI=1S/C12H25NO/c1-3-12(4-2)10-13(11-12)8-6-5-7-9-14/h14H,3-11H2,1-2H3. The molecule has 1 heterocycles. The van der Waals surface area contributed by atoms with Crippen LogP contribution in [0, 0.1) is 5.41 Å². The Hall–Kier alpha value is -0.0800. The van der Waals surface area contributed by atoms with Gasteiger partial charge in [-0.3, -0.25) is 0 Å². The average Bonchev–Trinajstić information content (AvgIpc) is 2.16. The van der Waals surface area contributed by atoms with E-state index in [0.717, 1.165) is 6.42 Å². The highest BCUT2D eigenvalue weighted by Crippen LogP contribution is 2.36. The summed E-state index contributed by atoms with van der Waals surface area (Å²) in [7, 11) is 0. The molecule has 1 fully saturated rings. The Labute approximate surface area is 88.3 Å². The van der Waals surface area contributed by atoms with Gasteiger partial charge in [-0.2, -0.15) is 0 Å². The number of nitrogens with zero attached hydrogens (tertiary/aromatic N) is 1. The minimum absolute atomic E-state index is 0.355. The van der Waals surface area contributed by atoms with E-state index in [1.165, 1.54) is 45.3 Å². The van der Waals surface area contributed by atoms with Crippen LogP contribution < -0.4 is 0 Å². The van der Waals surface area contributed by atoms with Gasteiger partial charge in [0, 0.05) is 19.7 Å². The molecule has 2 nitrogen and oxygen atoms in total. The molecule has 14 heavy (non-hydrogen) atoms. The number of likely N-dealkylation sites (tertiary alicyclic amines) is 1. The van der Waals surface area contributed by atoms with Gasteiger partial charge < -0.3 is 10.0 Å². The molecule has 0 saturated carbocycles. The number of unbranched alkanes of at least 4 members (excludes halogenated alkanes) is 2. The number of rotatable bonds is 7. The number of hydrogen-bond donors (Lipinski definition) is 1. The highest BCUT2D eigenvalue weighted by molar-refractivity contribution is 4.92. The van der Waals surface area contributed by atoms with Crippen LogP contribution in [0.15, 0.2) is 0 Å². The Morgan fingerprint density at radius 1 is 1.07 bits per heavy atom. The van der Waals surface area contributed by atoms with Gasteiger partial charge in [0.05, 0.1) is 0 Å². The summed E-state index contributed by atoms with van der Waals surface area (Å²) in [5.41, 5.74) is 0.650. The smallest absolute Gasteiger partial charge is 0.0431 e. The Balaban J connectivity index is 2.03. The fraction of sp³-hybridized carbons (Fsp3) is 1.00. The highest BCUT2D eigenvalue weighted by Gasteiger charge is 2.38. The maximum Gasteiger partial charge on any atom is 0.0431 e. The Morgan fingerprint density at radius 3 is 2.21 bits per heavy atom. The fourth-order valence-electron chi connectivity index (χ4n) is 2.38. The van der Waals surface area contributed by atoms with Crippen molar-refractivity contribution in [2.24, 2.45) is 5.41 Å². The first-order valence-corrected chi connectivity index (χ1v) is 6.09. The van der Waals surface area contributed by atoms with Crippen LogP contribution >= 0.6 is 0 Å². The first kappa shape index (κ1) is 12.0. The highest BCUT2D eigenvalue weighted by atomic mass is 16.2. The molecular weight excluding hydrogens is 174 g/mol. The van der Waals surface area contributed by atoms with Crippen molar-refractivity contribution in [1.29, 1.82) is 0 Å². The molecule has 0 bridgehead atoms. The van der Waals surface area contributed by atoms with Gasteiger partial charge in [-0.15, -0.1) is 0 Å². The molecule has 0 unspecified atom stereocenters. The lowest BCUT2D eigenvalue weighted by Crippen LogP contribution is -2.55. The van der Waals surface area contributed by atoms with E-state index in [1.54, 1.807) is 0 Å². The predicted molar refractivity (Wildman–Crippen MR) is 60.4 cm³/mol. The summed E-state index contributed by atoms with van der Waals surface area (Å²) in [4.78, 5) is 2.56. The summed E-state index contributed by atoms with van der Waals surface area (Å²) < 4.78 is 0. The normalized spacial score (nSPS) is 20.8. The maximum absolute atomic E-state index is 8.65. The van der Waals surface area contributed by atoms with Crippen LogP contribution in [0.25, 0.3) is 0 Å². The topological polar surface area (TPSA) is 23.5 Å². The Kier molecular flexibility index (Phi) is 4.90. The van der Waals surface area contributed by atoms with Crippen molar-refractivity contribution in [3.63, 3.8) is 0 Å². The molecule has 0 amide bonds.